The van der Waals surface area contributed by atoms with E-state index in [0.717, 1.165) is 22.8 Å². The average molecular weight is 493 g/mol. The number of rotatable bonds is 6. The highest BCUT2D eigenvalue weighted by atomic mass is 35.5. The molecule has 172 valence electrons. The summed E-state index contributed by atoms with van der Waals surface area (Å²) < 4.78 is 31.0. The minimum atomic E-state index is -3.33. The summed E-state index contributed by atoms with van der Waals surface area (Å²) >= 11 is 6.44. The van der Waals surface area contributed by atoms with Crippen LogP contribution in [0.4, 0.5) is 11.5 Å². The molecule has 1 atom stereocenters. The number of para-hydroxylation sites is 1. The van der Waals surface area contributed by atoms with Crippen LogP contribution in [-0.4, -0.2) is 30.7 Å². The fourth-order valence-corrected chi connectivity index (χ4v) is 4.11. The summed E-state index contributed by atoms with van der Waals surface area (Å²) in [4.78, 5) is 8.68. The molecule has 7 nitrogen and oxygen atoms in total. The van der Waals surface area contributed by atoms with Crippen molar-refractivity contribution in [2.45, 2.75) is 13.0 Å². The first-order chi connectivity index (χ1) is 16.3. The Labute approximate surface area is 203 Å². The molecule has 1 heterocycles. The molecule has 3 aromatic carbocycles. The molecular formula is C25H21ClN4O3S. The third-order valence-electron chi connectivity index (χ3n) is 4.62. The zero-order chi connectivity index (χ0) is 24.1. The highest BCUT2D eigenvalue weighted by Gasteiger charge is 2.09. The van der Waals surface area contributed by atoms with Crippen molar-refractivity contribution in [3.63, 3.8) is 0 Å². The van der Waals surface area contributed by atoms with Gasteiger partial charge in [0.2, 0.25) is 10.0 Å². The molecule has 0 fully saturated rings. The lowest BCUT2D eigenvalue weighted by atomic mass is 10.1. The molecule has 0 saturated carbocycles. The molecule has 0 saturated heterocycles. The molecule has 4 rings (SSSR count). The number of halogens is 1. The van der Waals surface area contributed by atoms with Crippen LogP contribution in [0.15, 0.2) is 73.1 Å². The van der Waals surface area contributed by atoms with Gasteiger partial charge in [0.05, 0.1) is 22.8 Å². The van der Waals surface area contributed by atoms with Crippen LogP contribution in [0.3, 0.4) is 0 Å². The van der Waals surface area contributed by atoms with E-state index < -0.39 is 16.1 Å². The molecule has 0 aliphatic carbocycles. The SMILES string of the molecule is CC(C#Cc1ccc2ncnc(Nc3ccc(Oc4ccccc4)c(Cl)c3)c2c1)NS(C)(=O)=O. The molecule has 0 spiro atoms. The Bertz CT molecular complexity index is 1500. The molecule has 9 heteroatoms. The Kier molecular flexibility index (Phi) is 6.98. The zero-order valence-corrected chi connectivity index (χ0v) is 20.0. The van der Waals surface area contributed by atoms with Crippen molar-refractivity contribution in [3.05, 3.63) is 83.6 Å². The van der Waals surface area contributed by atoms with E-state index in [0.29, 0.717) is 27.9 Å². The number of nitrogens with one attached hydrogen (secondary N) is 2. The van der Waals surface area contributed by atoms with Crippen LogP contribution in [0, 0.1) is 11.8 Å². The molecule has 0 aliphatic heterocycles. The van der Waals surface area contributed by atoms with Gasteiger partial charge in [0.1, 0.15) is 23.6 Å². The van der Waals surface area contributed by atoms with Gasteiger partial charge in [-0.2, -0.15) is 0 Å². The standard InChI is InChI=1S/C25H21ClN4O3S/c1-17(30-34(2,31)32)8-9-18-10-12-23-21(14-18)25(28-16-27-23)29-19-11-13-24(22(26)15-19)33-20-6-4-3-5-7-20/h3-7,10-17,30H,1-2H3,(H,27,28,29). The molecule has 0 radical (unpaired) electrons. The number of anilines is 2. The number of hydrogen-bond acceptors (Lipinski definition) is 6. The third-order valence-corrected chi connectivity index (χ3v) is 5.70. The first kappa shape index (κ1) is 23.5. The van der Waals surface area contributed by atoms with E-state index in [-0.39, 0.29) is 0 Å². The maximum atomic E-state index is 11.4. The maximum absolute atomic E-state index is 11.4. The first-order valence-corrected chi connectivity index (χ1v) is 12.6. The van der Waals surface area contributed by atoms with Crippen molar-refractivity contribution in [2.75, 3.05) is 11.6 Å². The van der Waals surface area contributed by atoms with Gasteiger partial charge in [-0.1, -0.05) is 41.6 Å². The lowest BCUT2D eigenvalue weighted by Crippen LogP contribution is -2.30. The van der Waals surface area contributed by atoms with E-state index in [4.69, 9.17) is 16.3 Å². The van der Waals surface area contributed by atoms with Gasteiger partial charge in [-0.15, -0.1) is 0 Å². The monoisotopic (exact) mass is 492 g/mol. The summed E-state index contributed by atoms with van der Waals surface area (Å²) in [7, 11) is -3.33. The number of aromatic nitrogens is 2. The molecule has 1 aromatic heterocycles. The van der Waals surface area contributed by atoms with Crippen molar-refractivity contribution in [3.8, 4) is 23.3 Å². The van der Waals surface area contributed by atoms with Crippen molar-refractivity contribution >= 4 is 44.0 Å². The number of fused-ring (bicyclic) bond motifs is 1. The lowest BCUT2D eigenvalue weighted by Gasteiger charge is -2.12. The van der Waals surface area contributed by atoms with Gasteiger partial charge in [0.15, 0.2) is 0 Å². The van der Waals surface area contributed by atoms with Gasteiger partial charge in [-0.3, -0.25) is 0 Å². The van der Waals surface area contributed by atoms with Crippen LogP contribution in [0.1, 0.15) is 12.5 Å². The maximum Gasteiger partial charge on any atom is 0.209 e. The summed E-state index contributed by atoms with van der Waals surface area (Å²) in [5.41, 5.74) is 2.17. The number of sulfonamides is 1. The van der Waals surface area contributed by atoms with E-state index >= 15 is 0 Å². The summed E-state index contributed by atoms with van der Waals surface area (Å²) in [5, 5.41) is 4.48. The first-order valence-electron chi connectivity index (χ1n) is 10.3. The number of hydrogen-bond donors (Lipinski definition) is 2. The summed E-state index contributed by atoms with van der Waals surface area (Å²) in [6, 6.07) is 19.8. The van der Waals surface area contributed by atoms with Gasteiger partial charge >= 0.3 is 0 Å². The van der Waals surface area contributed by atoms with Crippen LogP contribution < -0.4 is 14.8 Å². The molecule has 0 bridgehead atoms. The van der Waals surface area contributed by atoms with Crippen molar-refractivity contribution in [2.24, 2.45) is 0 Å². The van der Waals surface area contributed by atoms with Crippen molar-refractivity contribution in [1.29, 1.82) is 0 Å². The lowest BCUT2D eigenvalue weighted by molar-refractivity contribution is 0.483. The Hall–Kier alpha value is -3.64. The number of nitrogens with zero attached hydrogens (tertiary/aromatic N) is 2. The van der Waals surface area contributed by atoms with E-state index in [9.17, 15) is 8.42 Å². The second kappa shape index (κ2) is 10.1. The molecule has 0 amide bonds. The smallest absolute Gasteiger partial charge is 0.209 e. The summed E-state index contributed by atoms with van der Waals surface area (Å²) in [5.74, 6) is 7.71. The normalized spacial score (nSPS) is 12.0. The van der Waals surface area contributed by atoms with Crippen LogP contribution in [0.2, 0.25) is 5.02 Å². The minimum absolute atomic E-state index is 0.450. The predicted molar refractivity (Wildman–Crippen MR) is 135 cm³/mol. The van der Waals surface area contributed by atoms with Gasteiger partial charge < -0.3 is 10.1 Å². The Balaban J connectivity index is 1.57. The third kappa shape index (κ3) is 6.23. The van der Waals surface area contributed by atoms with Crippen LogP contribution >= 0.6 is 11.6 Å². The molecule has 0 aliphatic rings. The highest BCUT2D eigenvalue weighted by molar-refractivity contribution is 7.88. The van der Waals surface area contributed by atoms with Crippen LogP contribution in [0.25, 0.3) is 10.9 Å². The zero-order valence-electron chi connectivity index (χ0n) is 18.4. The number of benzene rings is 3. The van der Waals surface area contributed by atoms with Crippen molar-refractivity contribution in [1.82, 2.24) is 14.7 Å². The van der Waals surface area contributed by atoms with Gasteiger partial charge in [-0.25, -0.2) is 23.1 Å². The Morgan fingerprint density at radius 3 is 2.56 bits per heavy atom. The van der Waals surface area contributed by atoms with E-state index in [2.05, 4.69) is 31.8 Å². The average Bonchev–Trinajstić information content (AvgIpc) is 2.79. The summed E-state index contributed by atoms with van der Waals surface area (Å²) in [6.07, 6.45) is 2.58. The minimum Gasteiger partial charge on any atom is -0.456 e. The summed E-state index contributed by atoms with van der Waals surface area (Å²) in [6.45, 7) is 1.68. The second-order valence-electron chi connectivity index (χ2n) is 7.52. The largest absolute Gasteiger partial charge is 0.456 e. The predicted octanol–water partition coefficient (Wildman–Crippen LogP) is 5.11. The number of ether oxygens (including phenoxy) is 1. The van der Waals surface area contributed by atoms with Crippen LogP contribution in [0.5, 0.6) is 11.5 Å². The molecule has 34 heavy (non-hydrogen) atoms. The van der Waals surface area contributed by atoms with E-state index in [1.54, 1.807) is 19.1 Å². The molecule has 2 N–H and O–H groups in total. The second-order valence-corrected chi connectivity index (χ2v) is 9.71. The molecule has 1 unspecified atom stereocenters. The topological polar surface area (TPSA) is 93.2 Å². The highest BCUT2D eigenvalue weighted by Crippen LogP contribution is 2.33. The molecular weight excluding hydrogens is 472 g/mol. The van der Waals surface area contributed by atoms with E-state index in [1.807, 2.05) is 54.6 Å². The van der Waals surface area contributed by atoms with Gasteiger partial charge in [0.25, 0.3) is 0 Å². The van der Waals surface area contributed by atoms with Crippen molar-refractivity contribution < 1.29 is 13.2 Å². The quantitative estimate of drug-likeness (QED) is 0.363. The van der Waals surface area contributed by atoms with E-state index in [1.165, 1.54) is 6.33 Å². The Morgan fingerprint density at radius 2 is 1.82 bits per heavy atom. The Morgan fingerprint density at radius 1 is 1.03 bits per heavy atom. The van der Waals surface area contributed by atoms with Gasteiger partial charge in [-0.05, 0) is 55.5 Å². The fourth-order valence-electron chi connectivity index (χ4n) is 3.19. The van der Waals surface area contributed by atoms with Gasteiger partial charge in [0, 0.05) is 16.6 Å². The van der Waals surface area contributed by atoms with Crippen LogP contribution in [-0.2, 0) is 10.0 Å². The fraction of sp³-hybridized carbons (Fsp3) is 0.120. The molecule has 4 aromatic rings.